The van der Waals surface area contributed by atoms with Crippen LogP contribution in [0.2, 0.25) is 0 Å². The maximum absolute atomic E-state index is 12.5. The van der Waals surface area contributed by atoms with Gasteiger partial charge in [-0.2, -0.15) is 16.8 Å². The first-order chi connectivity index (χ1) is 9.87. The molecule has 0 bridgehead atoms. The summed E-state index contributed by atoms with van der Waals surface area (Å²) in [5.74, 6) is -1.11. The zero-order chi connectivity index (χ0) is 16.7. The van der Waals surface area contributed by atoms with Gasteiger partial charge in [-0.25, -0.2) is 4.48 Å². The average Bonchev–Trinajstić information content (AvgIpc) is 2.36. The number of hydrogen-bond donors (Lipinski definition) is 2. The van der Waals surface area contributed by atoms with Crippen LogP contribution in [-0.4, -0.2) is 60.7 Å². The summed E-state index contributed by atoms with van der Waals surface area (Å²) in [6, 6.07) is 0. The summed E-state index contributed by atoms with van der Waals surface area (Å²) in [6.07, 6.45) is 0.888. The van der Waals surface area contributed by atoms with Gasteiger partial charge in [-0.15, -0.1) is 4.47 Å². The number of amidine groups is 1. The number of fused-ring (bicyclic) bond motifs is 2. The van der Waals surface area contributed by atoms with Gasteiger partial charge in [0.1, 0.15) is 4.91 Å². The number of likely N-dealkylation sites (N-methyl/N-ethyl adjacent to an activating group) is 1. The number of allylic oxidation sites excluding steroid dienone is 2. The van der Waals surface area contributed by atoms with E-state index < -0.39 is 46.9 Å². The van der Waals surface area contributed by atoms with Crippen LogP contribution in [0.1, 0.15) is 0 Å². The maximum atomic E-state index is 12.5. The monoisotopic (exact) mass is 368 g/mol. The van der Waals surface area contributed by atoms with Crippen molar-refractivity contribution in [3.8, 4) is 0 Å². The normalized spacial score (nSPS) is 29.9. The highest BCUT2D eigenvalue weighted by Gasteiger charge is 2.58. The third kappa shape index (κ3) is 1.90. The highest BCUT2D eigenvalue weighted by Crippen LogP contribution is 2.43. The van der Waals surface area contributed by atoms with Crippen LogP contribution in [-0.2, 0) is 35.7 Å². The molecule has 2 aliphatic heterocycles. The molecule has 0 spiro atoms. The minimum absolute atomic E-state index is 0.0154. The molecule has 0 aromatic heterocycles. The molecular weight excluding hydrogens is 358 g/mol. The van der Waals surface area contributed by atoms with Crippen LogP contribution in [0.3, 0.4) is 0 Å². The van der Waals surface area contributed by atoms with Gasteiger partial charge in [-0.05, 0) is 6.08 Å². The molecule has 0 aromatic rings. The van der Waals surface area contributed by atoms with Crippen LogP contribution in [0.25, 0.3) is 0 Å². The molecule has 3 rings (SSSR count). The van der Waals surface area contributed by atoms with Gasteiger partial charge in [0, 0.05) is 0 Å². The first-order valence-electron chi connectivity index (χ1n) is 5.69. The molecule has 2 unspecified atom stereocenters. The lowest BCUT2D eigenvalue weighted by Gasteiger charge is -2.27. The van der Waals surface area contributed by atoms with Gasteiger partial charge in [-0.3, -0.25) is 13.9 Å². The van der Waals surface area contributed by atoms with E-state index in [4.69, 9.17) is 0 Å². The van der Waals surface area contributed by atoms with E-state index in [0.717, 1.165) is 6.08 Å². The van der Waals surface area contributed by atoms with Gasteiger partial charge in [0.15, 0.2) is 10.9 Å². The number of hydrogen-bond acceptors (Lipinski definition) is 7. The molecule has 0 radical (unpaired) electrons. The third-order valence-electron chi connectivity index (χ3n) is 3.46. The van der Waals surface area contributed by atoms with Crippen LogP contribution >= 0.6 is 0 Å². The van der Waals surface area contributed by atoms with E-state index in [1.807, 2.05) is 0 Å². The van der Waals surface area contributed by atoms with Gasteiger partial charge in [0.2, 0.25) is 5.78 Å². The summed E-state index contributed by atoms with van der Waals surface area (Å²) in [4.78, 5) is 11.6. The third-order valence-corrected chi connectivity index (χ3v) is 7.48. The first kappa shape index (κ1) is 15.6. The topological polar surface area (TPSA) is 151 Å². The zero-order valence-electron chi connectivity index (χ0n) is 11.2. The van der Waals surface area contributed by atoms with Crippen LogP contribution in [0, 0.1) is 0 Å². The fourth-order valence-corrected chi connectivity index (χ4v) is 6.51. The summed E-state index contributed by atoms with van der Waals surface area (Å²) in [5.41, 5.74) is -0.0154. The molecule has 0 aromatic carbocycles. The summed E-state index contributed by atoms with van der Waals surface area (Å²) >= 11 is 0. The second-order valence-electron chi connectivity index (χ2n) is 5.20. The smallest absolute Gasteiger partial charge is 0.286 e. The molecule has 0 saturated carbocycles. The number of nitrogens with zero attached hydrogens (tertiary/aromatic N) is 3. The van der Waals surface area contributed by atoms with Crippen LogP contribution in [0.15, 0.2) is 31.2 Å². The lowest BCUT2D eigenvalue weighted by molar-refractivity contribution is -0.747. The van der Waals surface area contributed by atoms with Crippen molar-refractivity contribution in [3.63, 3.8) is 0 Å². The lowest BCUT2D eigenvalue weighted by atomic mass is 10.1. The summed E-state index contributed by atoms with van der Waals surface area (Å²) in [5, 5.41) is 1.88. The van der Waals surface area contributed by atoms with Crippen molar-refractivity contribution in [2.45, 2.75) is 5.25 Å². The van der Waals surface area contributed by atoms with Crippen molar-refractivity contribution in [1.82, 2.24) is 0 Å². The molecule has 2 N–H and O–H groups in total. The molecule has 120 valence electrons. The van der Waals surface area contributed by atoms with Crippen molar-refractivity contribution >= 4 is 41.9 Å². The first-order valence-corrected chi connectivity index (χ1v) is 9.81. The summed E-state index contributed by atoms with van der Waals surface area (Å²) in [7, 11) is -7.90. The van der Waals surface area contributed by atoms with Gasteiger partial charge in [-0.1, -0.05) is 5.10 Å². The van der Waals surface area contributed by atoms with Crippen LogP contribution in [0.5, 0.6) is 0 Å². The Morgan fingerprint density at radius 2 is 1.82 bits per heavy atom. The van der Waals surface area contributed by atoms with E-state index in [2.05, 4.69) is 9.57 Å². The number of carbonyl (C=O) groups excluding carboxylic acids is 1. The van der Waals surface area contributed by atoms with Crippen molar-refractivity contribution in [3.05, 3.63) is 21.6 Å². The van der Waals surface area contributed by atoms with E-state index in [1.165, 1.54) is 0 Å². The molecular formula is C9H10N3O7S3+. The second kappa shape index (κ2) is 4.18. The Morgan fingerprint density at radius 1 is 1.23 bits per heavy atom. The average molecular weight is 368 g/mol. The Labute approximate surface area is 128 Å². The Bertz CT molecular complexity index is 966. The fourth-order valence-electron chi connectivity index (χ4n) is 2.52. The number of quaternary nitrogens is 1. The van der Waals surface area contributed by atoms with E-state index in [-0.39, 0.29) is 15.1 Å². The number of ketones is 1. The highest BCUT2D eigenvalue weighted by molar-refractivity contribution is 8.07. The molecule has 2 atom stereocenters. The van der Waals surface area contributed by atoms with Crippen molar-refractivity contribution in [2.75, 3.05) is 14.1 Å². The van der Waals surface area contributed by atoms with Gasteiger partial charge in [0.25, 0.3) is 20.2 Å². The molecule has 22 heavy (non-hydrogen) atoms. The minimum Gasteiger partial charge on any atom is -0.286 e. The second-order valence-corrected chi connectivity index (χ2v) is 9.66. The largest absolute Gasteiger partial charge is 0.305 e. The Balaban J connectivity index is 2.34. The predicted molar refractivity (Wildman–Crippen MR) is 76.3 cm³/mol. The van der Waals surface area contributed by atoms with Crippen LogP contribution < -0.4 is 0 Å². The van der Waals surface area contributed by atoms with Crippen LogP contribution in [0.4, 0.5) is 0 Å². The molecule has 3 aliphatic rings. The van der Waals surface area contributed by atoms with Crippen molar-refractivity contribution < 1.29 is 35.2 Å². The standard InChI is InChI=1S/C9H9N3O7S3/c1-12(2)6-4(20-9(12)10-11-20)3-5(21(14,15)16)8(7(6)13)22(17,18)19/h3,8H,1-2H3,(H-,14,15,16,17,18,19)/p+1. The molecule has 0 amide bonds. The van der Waals surface area contributed by atoms with E-state index in [9.17, 15) is 30.7 Å². The van der Waals surface area contributed by atoms with E-state index >= 15 is 0 Å². The SMILES string of the molecule is C[N+]1(C)C2=NN=S2C2=C1C(=O)C(S(=O)(=O)O)C(S(=O)(=O)O)=C2. The number of carbonyl (C=O) groups is 1. The number of rotatable bonds is 2. The quantitative estimate of drug-likeness (QED) is 0.468. The number of Topliss-reactive ketones (excluding diaryl/α,β-unsaturated/α-hetero) is 1. The van der Waals surface area contributed by atoms with Gasteiger partial charge < -0.3 is 0 Å². The molecule has 0 saturated heterocycles. The van der Waals surface area contributed by atoms with Crippen molar-refractivity contribution in [2.24, 2.45) is 9.57 Å². The van der Waals surface area contributed by atoms with Gasteiger partial charge in [0.05, 0.1) is 29.7 Å². The fraction of sp³-hybridized carbons (Fsp3) is 0.333. The Kier molecular flexibility index (Phi) is 2.97. The summed E-state index contributed by atoms with van der Waals surface area (Å²) < 4.78 is 67.8. The van der Waals surface area contributed by atoms with E-state index in [0.29, 0.717) is 5.17 Å². The minimum atomic E-state index is -5.08. The van der Waals surface area contributed by atoms with E-state index in [1.54, 1.807) is 14.1 Å². The van der Waals surface area contributed by atoms with Crippen molar-refractivity contribution in [1.29, 1.82) is 0 Å². The molecule has 10 nitrogen and oxygen atoms in total. The Morgan fingerprint density at radius 3 is 2.23 bits per heavy atom. The summed E-state index contributed by atoms with van der Waals surface area (Å²) in [6.45, 7) is 0. The molecule has 0 fully saturated rings. The lowest BCUT2D eigenvalue weighted by Crippen LogP contribution is -2.49. The van der Waals surface area contributed by atoms with Gasteiger partial charge >= 0.3 is 5.17 Å². The zero-order valence-corrected chi connectivity index (χ0v) is 13.6. The predicted octanol–water partition coefficient (Wildman–Crippen LogP) is -1.01. The molecule has 13 heteroatoms. The molecule has 1 aliphatic carbocycles. The molecule has 2 heterocycles. The highest BCUT2D eigenvalue weighted by atomic mass is 32.2. The maximum Gasteiger partial charge on any atom is 0.305 e. The Hall–Kier alpha value is -1.25.